The zero-order chi connectivity index (χ0) is 14.1. The standard InChI is InChI=1S/C16H15IN2O/c1-11-4-2-3-5-14(11)19-9-8-16(20)18-13-10-12(17)6-7-15(13)19/h2-7,10H,8-9H2,1H3,(H,18,20). The number of anilines is 3. The van der Waals surface area contributed by atoms with Gasteiger partial charge in [0, 0.05) is 22.2 Å². The van der Waals surface area contributed by atoms with Gasteiger partial charge in [-0.15, -0.1) is 0 Å². The van der Waals surface area contributed by atoms with Gasteiger partial charge in [-0.3, -0.25) is 4.79 Å². The van der Waals surface area contributed by atoms with Gasteiger partial charge in [0.1, 0.15) is 0 Å². The van der Waals surface area contributed by atoms with Gasteiger partial charge in [0.15, 0.2) is 0 Å². The molecule has 0 unspecified atom stereocenters. The summed E-state index contributed by atoms with van der Waals surface area (Å²) in [5, 5.41) is 3.00. The summed E-state index contributed by atoms with van der Waals surface area (Å²) in [6.07, 6.45) is 0.500. The Hall–Kier alpha value is -1.56. The Morgan fingerprint density at radius 3 is 2.75 bits per heavy atom. The van der Waals surface area contributed by atoms with Crippen LogP contribution in [0, 0.1) is 10.5 Å². The number of carbonyl (C=O) groups is 1. The van der Waals surface area contributed by atoms with Gasteiger partial charge in [0.05, 0.1) is 11.4 Å². The lowest BCUT2D eigenvalue weighted by Crippen LogP contribution is -2.19. The van der Waals surface area contributed by atoms with Crippen molar-refractivity contribution in [2.24, 2.45) is 0 Å². The van der Waals surface area contributed by atoms with Crippen molar-refractivity contribution < 1.29 is 4.79 Å². The predicted molar refractivity (Wildman–Crippen MR) is 90.6 cm³/mol. The van der Waals surface area contributed by atoms with E-state index in [2.05, 4.69) is 64.0 Å². The molecule has 0 aromatic heterocycles. The zero-order valence-corrected chi connectivity index (χ0v) is 13.3. The molecule has 0 spiro atoms. The van der Waals surface area contributed by atoms with Crippen molar-refractivity contribution in [2.45, 2.75) is 13.3 Å². The van der Waals surface area contributed by atoms with Crippen molar-refractivity contribution in [3.8, 4) is 0 Å². The van der Waals surface area contributed by atoms with Gasteiger partial charge in [-0.1, -0.05) is 18.2 Å². The first-order valence-electron chi connectivity index (χ1n) is 6.58. The Balaban J connectivity index is 2.13. The van der Waals surface area contributed by atoms with Crippen molar-refractivity contribution >= 4 is 45.6 Å². The molecule has 0 saturated carbocycles. The smallest absolute Gasteiger partial charge is 0.226 e. The maximum atomic E-state index is 11.9. The Morgan fingerprint density at radius 1 is 1.15 bits per heavy atom. The molecule has 20 heavy (non-hydrogen) atoms. The summed E-state index contributed by atoms with van der Waals surface area (Å²) in [7, 11) is 0. The van der Waals surface area contributed by atoms with Crippen LogP contribution < -0.4 is 10.2 Å². The number of amides is 1. The second kappa shape index (κ2) is 5.44. The fourth-order valence-corrected chi connectivity index (χ4v) is 3.00. The number of carbonyl (C=O) groups excluding carboxylic acids is 1. The lowest BCUT2D eigenvalue weighted by molar-refractivity contribution is -0.115. The second-order valence-corrected chi connectivity index (χ2v) is 6.14. The fraction of sp³-hybridized carbons (Fsp3) is 0.188. The number of hydrogen-bond donors (Lipinski definition) is 1. The highest BCUT2D eigenvalue weighted by Crippen LogP contribution is 2.36. The molecule has 3 rings (SSSR count). The summed E-state index contributed by atoms with van der Waals surface area (Å²) >= 11 is 2.26. The number of benzene rings is 2. The molecule has 102 valence electrons. The minimum atomic E-state index is 0.0735. The van der Waals surface area contributed by atoms with Crippen molar-refractivity contribution in [1.29, 1.82) is 0 Å². The topological polar surface area (TPSA) is 32.3 Å². The SMILES string of the molecule is Cc1ccccc1N1CCC(=O)Nc2cc(I)ccc21. The largest absolute Gasteiger partial charge is 0.339 e. The van der Waals surface area contributed by atoms with E-state index >= 15 is 0 Å². The van der Waals surface area contributed by atoms with E-state index in [9.17, 15) is 4.79 Å². The third-order valence-corrected chi connectivity index (χ3v) is 4.16. The van der Waals surface area contributed by atoms with Crippen molar-refractivity contribution in [3.05, 3.63) is 51.6 Å². The van der Waals surface area contributed by atoms with Crippen LogP contribution in [-0.2, 0) is 4.79 Å². The van der Waals surface area contributed by atoms with E-state index in [0.29, 0.717) is 13.0 Å². The van der Waals surface area contributed by atoms with E-state index in [1.807, 2.05) is 18.2 Å². The van der Waals surface area contributed by atoms with Crippen LogP contribution in [0.4, 0.5) is 17.1 Å². The molecule has 1 aliphatic heterocycles. The normalized spacial score (nSPS) is 14.5. The molecule has 0 atom stereocenters. The Kier molecular flexibility index (Phi) is 3.65. The number of aryl methyl sites for hydroxylation is 1. The number of rotatable bonds is 1. The lowest BCUT2D eigenvalue weighted by Gasteiger charge is -2.26. The molecule has 0 saturated heterocycles. The zero-order valence-electron chi connectivity index (χ0n) is 11.2. The number of hydrogen-bond acceptors (Lipinski definition) is 2. The maximum Gasteiger partial charge on any atom is 0.226 e. The minimum Gasteiger partial charge on any atom is -0.339 e. The minimum absolute atomic E-state index is 0.0735. The number of nitrogens with one attached hydrogen (secondary N) is 1. The van der Waals surface area contributed by atoms with Gasteiger partial charge in [0.2, 0.25) is 5.91 Å². The summed E-state index contributed by atoms with van der Waals surface area (Å²) in [4.78, 5) is 14.1. The Morgan fingerprint density at radius 2 is 1.95 bits per heavy atom. The number of nitrogens with zero attached hydrogens (tertiary/aromatic N) is 1. The summed E-state index contributed by atoms with van der Waals surface area (Å²) in [6, 6.07) is 14.4. The number of halogens is 1. The van der Waals surface area contributed by atoms with E-state index in [1.165, 1.54) is 5.56 Å². The van der Waals surface area contributed by atoms with Crippen LogP contribution in [0.5, 0.6) is 0 Å². The third kappa shape index (κ3) is 2.52. The lowest BCUT2D eigenvalue weighted by atomic mass is 10.1. The Labute approximate surface area is 132 Å². The van der Waals surface area contributed by atoms with E-state index in [-0.39, 0.29) is 5.91 Å². The molecule has 0 aliphatic carbocycles. The summed E-state index contributed by atoms with van der Waals surface area (Å²) in [6.45, 7) is 2.80. The quantitative estimate of drug-likeness (QED) is 0.759. The van der Waals surface area contributed by atoms with Crippen molar-refractivity contribution in [2.75, 3.05) is 16.8 Å². The molecule has 0 bridgehead atoms. The molecule has 1 N–H and O–H groups in total. The van der Waals surface area contributed by atoms with Gasteiger partial charge in [0.25, 0.3) is 0 Å². The predicted octanol–water partition coefficient (Wildman–Crippen LogP) is 4.08. The van der Waals surface area contributed by atoms with Crippen molar-refractivity contribution in [3.63, 3.8) is 0 Å². The summed E-state index contributed by atoms with van der Waals surface area (Å²) < 4.78 is 1.12. The molecular weight excluding hydrogens is 363 g/mol. The monoisotopic (exact) mass is 378 g/mol. The average molecular weight is 378 g/mol. The van der Waals surface area contributed by atoms with Gasteiger partial charge in [-0.2, -0.15) is 0 Å². The highest BCUT2D eigenvalue weighted by Gasteiger charge is 2.21. The molecule has 4 heteroatoms. The first kappa shape index (κ1) is 13.4. The molecule has 2 aromatic carbocycles. The molecular formula is C16H15IN2O. The summed E-state index contributed by atoms with van der Waals surface area (Å²) in [5.41, 5.74) is 4.33. The number of fused-ring (bicyclic) bond motifs is 1. The molecule has 0 radical (unpaired) electrons. The van der Waals surface area contributed by atoms with E-state index < -0.39 is 0 Å². The van der Waals surface area contributed by atoms with Crippen LogP contribution in [0.2, 0.25) is 0 Å². The highest BCUT2D eigenvalue weighted by atomic mass is 127. The van der Waals surface area contributed by atoms with Gasteiger partial charge in [-0.25, -0.2) is 0 Å². The summed E-state index contributed by atoms with van der Waals surface area (Å²) in [5.74, 6) is 0.0735. The van der Waals surface area contributed by atoms with Crippen LogP contribution in [0.15, 0.2) is 42.5 Å². The van der Waals surface area contributed by atoms with Crippen LogP contribution in [-0.4, -0.2) is 12.5 Å². The van der Waals surface area contributed by atoms with E-state index in [1.54, 1.807) is 0 Å². The highest BCUT2D eigenvalue weighted by molar-refractivity contribution is 14.1. The van der Waals surface area contributed by atoms with Gasteiger partial charge >= 0.3 is 0 Å². The third-order valence-electron chi connectivity index (χ3n) is 3.49. The first-order chi connectivity index (χ1) is 9.65. The van der Waals surface area contributed by atoms with Crippen LogP contribution in [0.25, 0.3) is 0 Å². The maximum absolute atomic E-state index is 11.9. The Bertz CT molecular complexity index is 669. The van der Waals surface area contributed by atoms with Crippen LogP contribution in [0.1, 0.15) is 12.0 Å². The molecule has 3 nitrogen and oxygen atoms in total. The molecule has 2 aromatic rings. The van der Waals surface area contributed by atoms with Gasteiger partial charge < -0.3 is 10.2 Å². The first-order valence-corrected chi connectivity index (χ1v) is 7.65. The van der Waals surface area contributed by atoms with E-state index in [0.717, 1.165) is 20.6 Å². The average Bonchev–Trinajstić information content (AvgIpc) is 2.57. The molecule has 1 aliphatic rings. The fourth-order valence-electron chi connectivity index (χ4n) is 2.51. The van der Waals surface area contributed by atoms with E-state index in [4.69, 9.17) is 0 Å². The molecule has 1 amide bonds. The van der Waals surface area contributed by atoms with Crippen molar-refractivity contribution in [1.82, 2.24) is 0 Å². The molecule has 0 fully saturated rings. The van der Waals surface area contributed by atoms with Gasteiger partial charge in [-0.05, 0) is 59.3 Å². The number of para-hydroxylation sites is 1. The molecule has 1 heterocycles. The van der Waals surface area contributed by atoms with Crippen LogP contribution >= 0.6 is 22.6 Å². The van der Waals surface area contributed by atoms with Crippen LogP contribution in [0.3, 0.4) is 0 Å². The second-order valence-electron chi connectivity index (χ2n) is 4.90.